The molecule has 9 heteroatoms. The van der Waals surface area contributed by atoms with E-state index in [0.717, 1.165) is 24.1 Å². The van der Waals surface area contributed by atoms with Crippen molar-refractivity contribution >= 4 is 11.8 Å². The van der Waals surface area contributed by atoms with Gasteiger partial charge in [0.15, 0.2) is 11.5 Å². The van der Waals surface area contributed by atoms with Gasteiger partial charge in [-0.15, -0.1) is 0 Å². The topological polar surface area (TPSA) is 76.8 Å². The summed E-state index contributed by atoms with van der Waals surface area (Å²) >= 11 is 0. The van der Waals surface area contributed by atoms with Crippen molar-refractivity contribution in [3.05, 3.63) is 35.5 Å². The van der Waals surface area contributed by atoms with Crippen LogP contribution in [0, 0.1) is 0 Å². The summed E-state index contributed by atoms with van der Waals surface area (Å²) in [5.41, 5.74) is 1.63. The van der Waals surface area contributed by atoms with Gasteiger partial charge in [0.05, 0.1) is 18.8 Å². The molecule has 1 amide bonds. The van der Waals surface area contributed by atoms with Crippen molar-refractivity contribution in [2.45, 2.75) is 58.7 Å². The fourth-order valence-corrected chi connectivity index (χ4v) is 3.08. The summed E-state index contributed by atoms with van der Waals surface area (Å²) in [6, 6.07) is 6.89. The number of aromatic nitrogens is 1. The molecule has 1 fully saturated rings. The molecule has 164 valence electrons. The quantitative estimate of drug-likeness (QED) is 0.577. The second kappa shape index (κ2) is 9.88. The van der Waals surface area contributed by atoms with Gasteiger partial charge in [0, 0.05) is 18.7 Å². The van der Waals surface area contributed by atoms with E-state index in [0.29, 0.717) is 25.1 Å². The molecular weight excluding hydrogens is 396 g/mol. The first-order valence-corrected chi connectivity index (χ1v) is 10.1. The van der Waals surface area contributed by atoms with Crippen LogP contribution in [0.15, 0.2) is 28.8 Å². The lowest BCUT2D eigenvalue weighted by Gasteiger charge is -2.22. The van der Waals surface area contributed by atoms with Crippen LogP contribution in [0.5, 0.6) is 11.5 Å². The Hall–Kier alpha value is -2.68. The molecule has 0 spiro atoms. The minimum absolute atomic E-state index is 0.00223. The second-order valence-electron chi connectivity index (χ2n) is 7.55. The maximum absolute atomic E-state index is 12.6. The van der Waals surface area contributed by atoms with Crippen LogP contribution in [0.4, 0.5) is 14.7 Å². The lowest BCUT2D eigenvalue weighted by molar-refractivity contribution is -0.117. The number of hydrogen-bond acceptors (Lipinski definition) is 6. The van der Waals surface area contributed by atoms with Gasteiger partial charge < -0.3 is 14.0 Å². The van der Waals surface area contributed by atoms with Crippen molar-refractivity contribution < 1.29 is 27.6 Å². The van der Waals surface area contributed by atoms with E-state index in [1.165, 1.54) is 6.07 Å². The first kappa shape index (κ1) is 22.0. The fraction of sp³-hybridized carbons (Fsp3) is 0.524. The molecule has 0 radical (unpaired) electrons. The van der Waals surface area contributed by atoms with Gasteiger partial charge in [0.2, 0.25) is 11.8 Å². The van der Waals surface area contributed by atoms with Crippen molar-refractivity contribution in [3.8, 4) is 11.5 Å². The third-order valence-corrected chi connectivity index (χ3v) is 4.70. The molecule has 1 saturated carbocycles. The van der Waals surface area contributed by atoms with Gasteiger partial charge in [-0.2, -0.15) is 8.78 Å². The zero-order valence-electron chi connectivity index (χ0n) is 17.4. The average Bonchev–Trinajstić information content (AvgIpc) is 3.42. The molecule has 1 aromatic carbocycles. The van der Waals surface area contributed by atoms with Crippen LogP contribution in [0.1, 0.15) is 50.8 Å². The molecule has 2 aromatic rings. The summed E-state index contributed by atoms with van der Waals surface area (Å²) in [6.07, 6.45) is 2.02. The summed E-state index contributed by atoms with van der Waals surface area (Å²) in [6.45, 7) is 3.83. The zero-order valence-corrected chi connectivity index (χ0v) is 17.4. The van der Waals surface area contributed by atoms with Crippen molar-refractivity contribution in [2.24, 2.45) is 0 Å². The van der Waals surface area contributed by atoms with Crippen LogP contribution in [-0.2, 0) is 11.3 Å². The van der Waals surface area contributed by atoms with Crippen LogP contribution < -0.4 is 14.8 Å². The number of anilines is 1. The molecule has 7 nitrogen and oxygen atoms in total. The minimum Gasteiger partial charge on any atom is -0.490 e. The monoisotopic (exact) mass is 423 g/mol. The molecule has 0 bridgehead atoms. The number of carbonyl (C=O) groups excluding carboxylic acids is 1. The number of carbonyl (C=O) groups is 1. The predicted octanol–water partition coefficient (Wildman–Crippen LogP) is 4.40. The largest absolute Gasteiger partial charge is 0.490 e. The molecule has 0 atom stereocenters. The van der Waals surface area contributed by atoms with E-state index in [-0.39, 0.29) is 29.9 Å². The Morgan fingerprint density at radius 3 is 2.67 bits per heavy atom. The third-order valence-electron chi connectivity index (χ3n) is 4.70. The Labute approximate surface area is 174 Å². The molecule has 1 aliphatic carbocycles. The lowest BCUT2D eigenvalue weighted by atomic mass is 10.1. The maximum Gasteiger partial charge on any atom is 0.387 e. The number of amides is 1. The Bertz CT molecular complexity index is 853. The lowest BCUT2D eigenvalue weighted by Crippen LogP contribution is -2.34. The van der Waals surface area contributed by atoms with Crippen LogP contribution in [0.25, 0.3) is 0 Å². The van der Waals surface area contributed by atoms with Crippen molar-refractivity contribution in [2.75, 3.05) is 18.5 Å². The molecule has 1 aromatic heterocycles. The molecule has 1 N–H and O–H groups in total. The standard InChI is InChI=1S/C21H27F2N3O4/c1-4-28-18-9-14(5-8-17(18)29-21(22)23)11-26(15-6-7-15)12-19(27)24-20-10-16(13(2)3)25-30-20/h5,8-10,13,15,21H,4,6-7,11-12H2,1-3H3,(H,24,27). The van der Waals surface area contributed by atoms with Gasteiger partial charge in [-0.05, 0) is 43.4 Å². The zero-order chi connectivity index (χ0) is 21.7. The summed E-state index contributed by atoms with van der Waals surface area (Å²) < 4.78 is 40.3. The van der Waals surface area contributed by atoms with Crippen LogP contribution in [-0.4, -0.2) is 41.8 Å². The number of ether oxygens (including phenoxy) is 2. The molecule has 0 unspecified atom stereocenters. The molecule has 0 aliphatic heterocycles. The Morgan fingerprint density at radius 1 is 1.30 bits per heavy atom. The van der Waals surface area contributed by atoms with Crippen LogP contribution in [0.2, 0.25) is 0 Å². The van der Waals surface area contributed by atoms with Gasteiger partial charge in [-0.1, -0.05) is 25.1 Å². The highest BCUT2D eigenvalue weighted by atomic mass is 19.3. The molecule has 1 aliphatic rings. The first-order valence-electron chi connectivity index (χ1n) is 10.1. The minimum atomic E-state index is -2.92. The highest BCUT2D eigenvalue weighted by Gasteiger charge is 2.30. The number of alkyl halides is 2. The summed E-state index contributed by atoms with van der Waals surface area (Å²) in [7, 11) is 0. The van der Waals surface area contributed by atoms with E-state index in [2.05, 4.69) is 15.2 Å². The van der Waals surface area contributed by atoms with E-state index in [1.54, 1.807) is 25.1 Å². The number of hydrogen-bond donors (Lipinski definition) is 1. The molecule has 3 rings (SSSR count). The number of benzene rings is 1. The maximum atomic E-state index is 12.6. The highest BCUT2D eigenvalue weighted by molar-refractivity contribution is 5.91. The fourth-order valence-electron chi connectivity index (χ4n) is 3.08. The van der Waals surface area contributed by atoms with Crippen molar-refractivity contribution in [1.29, 1.82) is 0 Å². The van der Waals surface area contributed by atoms with Crippen molar-refractivity contribution in [3.63, 3.8) is 0 Å². The molecule has 30 heavy (non-hydrogen) atoms. The summed E-state index contributed by atoms with van der Waals surface area (Å²) in [4.78, 5) is 14.6. The summed E-state index contributed by atoms with van der Waals surface area (Å²) in [5.74, 6) is 0.595. The van der Waals surface area contributed by atoms with Crippen LogP contribution in [0.3, 0.4) is 0 Å². The SMILES string of the molecule is CCOc1cc(CN(CC(=O)Nc2cc(C(C)C)no2)C2CC2)ccc1OC(F)F. The van der Waals surface area contributed by atoms with Gasteiger partial charge in [-0.25, -0.2) is 0 Å². The molecular formula is C21H27F2N3O4. The first-order chi connectivity index (χ1) is 14.4. The Balaban J connectivity index is 1.65. The molecule has 0 saturated heterocycles. The van der Waals surface area contributed by atoms with E-state index in [9.17, 15) is 13.6 Å². The van der Waals surface area contributed by atoms with Gasteiger partial charge in [0.25, 0.3) is 0 Å². The predicted molar refractivity (Wildman–Crippen MR) is 107 cm³/mol. The van der Waals surface area contributed by atoms with Gasteiger partial charge >= 0.3 is 6.61 Å². The Morgan fingerprint density at radius 2 is 2.07 bits per heavy atom. The number of nitrogens with one attached hydrogen (secondary N) is 1. The Kier molecular flexibility index (Phi) is 7.25. The number of halogens is 2. The van der Waals surface area contributed by atoms with Gasteiger partial charge in [0.1, 0.15) is 0 Å². The van der Waals surface area contributed by atoms with E-state index in [4.69, 9.17) is 9.26 Å². The van der Waals surface area contributed by atoms with E-state index in [1.807, 2.05) is 18.7 Å². The summed E-state index contributed by atoms with van der Waals surface area (Å²) in [5, 5.41) is 6.68. The van der Waals surface area contributed by atoms with E-state index >= 15 is 0 Å². The third kappa shape index (κ3) is 6.16. The van der Waals surface area contributed by atoms with Gasteiger partial charge in [-0.3, -0.25) is 15.0 Å². The van der Waals surface area contributed by atoms with Crippen LogP contribution >= 0.6 is 0 Å². The second-order valence-corrected chi connectivity index (χ2v) is 7.55. The normalized spacial score (nSPS) is 13.9. The number of rotatable bonds is 11. The van der Waals surface area contributed by atoms with Crippen molar-refractivity contribution in [1.82, 2.24) is 10.1 Å². The van der Waals surface area contributed by atoms with E-state index < -0.39 is 6.61 Å². The smallest absolute Gasteiger partial charge is 0.387 e. The highest BCUT2D eigenvalue weighted by Crippen LogP contribution is 2.33. The molecule has 1 heterocycles. The number of nitrogens with zero attached hydrogens (tertiary/aromatic N) is 2. The average molecular weight is 423 g/mol.